The number of benzene rings is 2. The zero-order valence-electron chi connectivity index (χ0n) is 21.5. The van der Waals surface area contributed by atoms with Gasteiger partial charge in [-0.15, -0.1) is 0 Å². The lowest BCUT2D eigenvalue weighted by atomic mass is 9.79. The Hall–Kier alpha value is -3.64. The summed E-state index contributed by atoms with van der Waals surface area (Å²) in [6.45, 7) is 0. The maximum Gasteiger partial charge on any atom is 0.248 e. The van der Waals surface area contributed by atoms with Crippen LogP contribution in [0.5, 0.6) is 5.88 Å². The summed E-state index contributed by atoms with van der Waals surface area (Å²) in [6, 6.07) is 14.9. The smallest absolute Gasteiger partial charge is 0.248 e. The summed E-state index contributed by atoms with van der Waals surface area (Å²) in [5, 5.41) is 6.42. The van der Waals surface area contributed by atoms with Gasteiger partial charge in [0.05, 0.1) is 34.2 Å². The fourth-order valence-corrected chi connectivity index (χ4v) is 7.77. The average Bonchev–Trinajstić information content (AvgIpc) is 3.33. The van der Waals surface area contributed by atoms with Gasteiger partial charge in [0.15, 0.2) is 5.13 Å². The minimum absolute atomic E-state index is 0.0786. The van der Waals surface area contributed by atoms with Crippen LogP contribution in [0.4, 0.5) is 25.3 Å². The molecule has 0 saturated heterocycles. The van der Waals surface area contributed by atoms with E-state index < -0.39 is 21.7 Å². The van der Waals surface area contributed by atoms with Crippen molar-refractivity contribution in [1.82, 2.24) is 9.97 Å². The van der Waals surface area contributed by atoms with E-state index >= 15 is 0 Å². The number of halogens is 2. The lowest BCUT2D eigenvalue weighted by molar-refractivity contribution is -0.118. The molecule has 1 atom stereocenters. The number of sulfone groups is 1. The Morgan fingerprint density at radius 1 is 1.10 bits per heavy atom. The summed E-state index contributed by atoms with van der Waals surface area (Å²) < 4.78 is 59.4. The number of amides is 1. The van der Waals surface area contributed by atoms with Crippen molar-refractivity contribution >= 4 is 53.9 Å². The van der Waals surface area contributed by atoms with E-state index in [1.165, 1.54) is 24.5 Å². The number of nitrogens with zero attached hydrogens (tertiary/aromatic N) is 2. The van der Waals surface area contributed by atoms with Crippen molar-refractivity contribution in [2.75, 3.05) is 17.7 Å². The Morgan fingerprint density at radius 3 is 2.62 bits per heavy atom. The van der Waals surface area contributed by atoms with E-state index in [1.54, 1.807) is 48.5 Å². The van der Waals surface area contributed by atoms with E-state index in [4.69, 9.17) is 4.74 Å². The number of rotatable bonds is 6. The number of anilines is 3. The molecule has 12 heteroatoms. The third-order valence-electron chi connectivity index (χ3n) is 7.53. The topological polar surface area (TPSA) is 110 Å². The highest BCUT2D eigenvalue weighted by Crippen LogP contribution is 2.43. The third-order valence-corrected chi connectivity index (χ3v) is 10.3. The molecule has 1 fully saturated rings. The lowest BCUT2D eigenvalue weighted by Crippen LogP contribution is -2.28. The van der Waals surface area contributed by atoms with Crippen molar-refractivity contribution in [3.8, 4) is 5.88 Å². The number of ether oxygens (including phenoxy) is 1. The van der Waals surface area contributed by atoms with Gasteiger partial charge in [0, 0.05) is 18.9 Å². The number of alkyl halides is 2. The molecule has 208 valence electrons. The predicted molar refractivity (Wildman–Crippen MR) is 148 cm³/mol. The normalized spacial score (nSPS) is 18.3. The van der Waals surface area contributed by atoms with E-state index in [-0.39, 0.29) is 34.5 Å². The first-order valence-corrected chi connectivity index (χ1v) is 15.2. The maximum atomic E-state index is 13.9. The Bertz CT molecular complexity index is 1710. The number of carbonyl (C=O) groups excluding carboxylic acids is 1. The number of hydrogen-bond donors (Lipinski definition) is 2. The van der Waals surface area contributed by atoms with Crippen LogP contribution in [0.25, 0.3) is 10.3 Å². The molecular weight excluding hydrogens is 558 g/mol. The summed E-state index contributed by atoms with van der Waals surface area (Å²) in [6.07, 6.45) is 0.552. The summed E-state index contributed by atoms with van der Waals surface area (Å²) in [4.78, 5) is 23.5. The number of nitrogens with one attached hydrogen (secondary N) is 2. The van der Waals surface area contributed by atoms with Crippen molar-refractivity contribution in [2.24, 2.45) is 5.92 Å². The molecule has 0 radical (unpaired) electrons. The van der Waals surface area contributed by atoms with E-state index in [9.17, 15) is 22.0 Å². The monoisotopic (exact) mass is 584 g/mol. The summed E-state index contributed by atoms with van der Waals surface area (Å²) in [5.74, 6) is -3.38. The highest BCUT2D eigenvalue weighted by molar-refractivity contribution is 7.92. The molecule has 3 heterocycles. The van der Waals surface area contributed by atoms with Crippen molar-refractivity contribution < 1.29 is 26.7 Å². The number of hydrogen-bond acceptors (Lipinski definition) is 8. The van der Waals surface area contributed by atoms with Crippen LogP contribution < -0.4 is 15.4 Å². The van der Waals surface area contributed by atoms with Crippen molar-refractivity contribution in [2.45, 2.75) is 53.7 Å². The van der Waals surface area contributed by atoms with Gasteiger partial charge in [-0.1, -0.05) is 29.5 Å². The number of thiazole rings is 1. The number of para-hydroxylation sites is 1. The molecule has 2 aromatic heterocycles. The van der Waals surface area contributed by atoms with Gasteiger partial charge < -0.3 is 15.4 Å². The molecular formula is C28H26F2N4O4S2. The quantitative estimate of drug-likeness (QED) is 0.234. The van der Waals surface area contributed by atoms with Crippen molar-refractivity contribution in [3.63, 3.8) is 0 Å². The van der Waals surface area contributed by atoms with E-state index in [0.717, 1.165) is 0 Å². The number of methoxy groups -OCH3 is 1. The van der Waals surface area contributed by atoms with Crippen LogP contribution in [-0.4, -0.2) is 37.3 Å². The van der Waals surface area contributed by atoms with Gasteiger partial charge >= 0.3 is 0 Å². The summed E-state index contributed by atoms with van der Waals surface area (Å²) in [5.41, 5.74) is 2.03. The molecule has 4 aromatic rings. The van der Waals surface area contributed by atoms with Gasteiger partial charge in [-0.3, -0.25) is 4.79 Å². The van der Waals surface area contributed by atoms with Crippen LogP contribution >= 0.6 is 11.3 Å². The van der Waals surface area contributed by atoms with Gasteiger partial charge in [0.1, 0.15) is 10.3 Å². The average molecular weight is 585 g/mol. The number of carbonyl (C=O) groups is 1. The van der Waals surface area contributed by atoms with Gasteiger partial charge in [0.2, 0.25) is 27.5 Å². The number of pyridine rings is 1. The molecule has 1 aliphatic heterocycles. The van der Waals surface area contributed by atoms with E-state index in [1.807, 2.05) is 0 Å². The Labute approximate surface area is 233 Å². The number of aromatic nitrogens is 2. The zero-order valence-corrected chi connectivity index (χ0v) is 23.1. The van der Waals surface area contributed by atoms with Gasteiger partial charge in [-0.2, -0.15) is 0 Å². The van der Waals surface area contributed by atoms with Crippen LogP contribution in [0.15, 0.2) is 64.4 Å². The molecule has 40 heavy (non-hydrogen) atoms. The van der Waals surface area contributed by atoms with Crippen molar-refractivity contribution in [3.05, 3.63) is 60.2 Å². The first-order valence-electron chi connectivity index (χ1n) is 12.9. The minimum Gasteiger partial charge on any atom is -0.481 e. The van der Waals surface area contributed by atoms with Crippen LogP contribution in [0.2, 0.25) is 0 Å². The molecule has 6 rings (SSSR count). The Balaban J connectivity index is 1.32. The van der Waals surface area contributed by atoms with Crippen LogP contribution in [0, 0.1) is 5.92 Å². The largest absolute Gasteiger partial charge is 0.481 e. The molecule has 1 unspecified atom stereocenters. The minimum atomic E-state index is -3.75. The van der Waals surface area contributed by atoms with Gasteiger partial charge in [-0.25, -0.2) is 27.2 Å². The predicted octanol–water partition coefficient (Wildman–Crippen LogP) is 6.53. The Kier molecular flexibility index (Phi) is 6.70. The van der Waals surface area contributed by atoms with E-state index in [2.05, 4.69) is 20.6 Å². The fourth-order valence-electron chi connectivity index (χ4n) is 5.39. The highest BCUT2D eigenvalue weighted by atomic mass is 32.2. The third kappa shape index (κ3) is 5.01. The molecule has 0 spiro atoms. The number of fused-ring (bicyclic) bond motifs is 3. The lowest BCUT2D eigenvalue weighted by Gasteiger charge is -2.31. The highest BCUT2D eigenvalue weighted by Gasteiger charge is 2.37. The standard InChI is InChI=1S/C28H26F2N4O4S2/c1-38-24-9-7-20-26(33-24)39-27(32-20)34-25(35)18(14-16-10-12-28(29,30)13-11-16)17-6-8-23-21(15-17)31-19-4-2-3-5-22(19)40(23,36)37/h2-9,15-16,18,31H,10-14H2,1H3,(H,32,34,35). The first kappa shape index (κ1) is 26.6. The molecule has 1 amide bonds. The maximum absolute atomic E-state index is 13.9. The summed E-state index contributed by atoms with van der Waals surface area (Å²) in [7, 11) is -2.23. The first-order chi connectivity index (χ1) is 19.1. The molecule has 2 aliphatic rings. The fraction of sp³-hybridized carbons (Fsp3) is 0.321. The van der Waals surface area contributed by atoms with Crippen molar-refractivity contribution in [1.29, 1.82) is 0 Å². The second-order valence-electron chi connectivity index (χ2n) is 10.2. The zero-order chi connectivity index (χ0) is 28.1. The van der Waals surface area contributed by atoms with Crippen LogP contribution in [-0.2, 0) is 14.6 Å². The van der Waals surface area contributed by atoms with E-state index in [0.29, 0.717) is 57.6 Å². The SMILES string of the molecule is COc1ccc2nc(NC(=O)C(CC3CCC(F)(F)CC3)c3ccc4c(c3)Nc3ccccc3S4(=O)=O)sc2n1. The van der Waals surface area contributed by atoms with Crippen LogP contribution in [0.1, 0.15) is 43.6 Å². The Morgan fingerprint density at radius 2 is 1.85 bits per heavy atom. The second kappa shape index (κ2) is 10.1. The van der Waals surface area contributed by atoms with Crippen LogP contribution in [0.3, 0.4) is 0 Å². The molecule has 1 aliphatic carbocycles. The van der Waals surface area contributed by atoms with Gasteiger partial charge in [0.25, 0.3) is 0 Å². The molecule has 2 N–H and O–H groups in total. The molecule has 1 saturated carbocycles. The second-order valence-corrected chi connectivity index (χ2v) is 13.0. The summed E-state index contributed by atoms with van der Waals surface area (Å²) >= 11 is 1.20. The molecule has 0 bridgehead atoms. The molecule has 8 nitrogen and oxygen atoms in total. The molecule has 2 aromatic carbocycles. The van der Waals surface area contributed by atoms with Gasteiger partial charge in [-0.05, 0) is 61.1 Å².